The standard InChI is InChI=1S/C11H11N5OS2/c1-15-6-12-14-8(15)2-4-16-10(17)9-7(3-5-19-9)13-11(16)18/h3,5-6H,2,4H2,1H3,(H,13,18). The molecule has 3 rings (SSSR count). The molecule has 19 heavy (non-hydrogen) atoms. The highest BCUT2D eigenvalue weighted by Gasteiger charge is 2.08. The van der Waals surface area contributed by atoms with Gasteiger partial charge in [-0.2, -0.15) is 0 Å². The molecule has 0 unspecified atom stereocenters. The number of nitrogens with one attached hydrogen (secondary N) is 1. The molecule has 3 aromatic rings. The quantitative estimate of drug-likeness (QED) is 0.743. The second-order valence-electron chi connectivity index (χ2n) is 4.16. The Balaban J connectivity index is 1.99. The van der Waals surface area contributed by atoms with E-state index in [0.29, 0.717) is 22.4 Å². The SMILES string of the molecule is Cn1cnnc1CCn1c(=S)[nH]c2ccsc2c1=O. The maximum Gasteiger partial charge on any atom is 0.272 e. The molecule has 0 radical (unpaired) electrons. The Morgan fingerprint density at radius 1 is 1.53 bits per heavy atom. The lowest BCUT2D eigenvalue weighted by Crippen LogP contribution is -2.23. The van der Waals surface area contributed by atoms with Crippen molar-refractivity contribution in [1.82, 2.24) is 24.3 Å². The first-order chi connectivity index (χ1) is 9.16. The summed E-state index contributed by atoms with van der Waals surface area (Å²) >= 11 is 6.65. The van der Waals surface area contributed by atoms with E-state index < -0.39 is 0 Å². The Hall–Kier alpha value is -1.80. The van der Waals surface area contributed by atoms with Gasteiger partial charge in [-0.25, -0.2) is 0 Å². The van der Waals surface area contributed by atoms with Gasteiger partial charge in [-0.3, -0.25) is 9.36 Å². The van der Waals surface area contributed by atoms with Crippen LogP contribution < -0.4 is 5.56 Å². The number of nitrogens with zero attached hydrogens (tertiary/aromatic N) is 4. The topological polar surface area (TPSA) is 68.5 Å². The van der Waals surface area contributed by atoms with Crippen molar-refractivity contribution in [3.63, 3.8) is 0 Å². The van der Waals surface area contributed by atoms with Crippen LogP contribution in [-0.4, -0.2) is 24.3 Å². The van der Waals surface area contributed by atoms with Gasteiger partial charge in [0.2, 0.25) is 0 Å². The van der Waals surface area contributed by atoms with Crippen LogP contribution in [0.1, 0.15) is 5.82 Å². The minimum atomic E-state index is -0.0454. The lowest BCUT2D eigenvalue weighted by molar-refractivity contribution is 0.619. The Kier molecular flexibility index (Phi) is 3.03. The van der Waals surface area contributed by atoms with E-state index in [1.165, 1.54) is 11.3 Å². The van der Waals surface area contributed by atoms with E-state index in [0.717, 1.165) is 11.3 Å². The number of H-pyrrole nitrogens is 1. The first-order valence-corrected chi connectivity index (χ1v) is 6.99. The smallest absolute Gasteiger partial charge is 0.272 e. The molecule has 0 saturated carbocycles. The number of aromatic nitrogens is 5. The van der Waals surface area contributed by atoms with Gasteiger partial charge >= 0.3 is 0 Å². The molecule has 0 atom stereocenters. The van der Waals surface area contributed by atoms with Crippen LogP contribution in [0.15, 0.2) is 22.6 Å². The first-order valence-electron chi connectivity index (χ1n) is 5.70. The van der Waals surface area contributed by atoms with E-state index in [2.05, 4.69) is 15.2 Å². The van der Waals surface area contributed by atoms with Gasteiger partial charge in [0.15, 0.2) is 4.77 Å². The third kappa shape index (κ3) is 2.13. The summed E-state index contributed by atoms with van der Waals surface area (Å²) in [5.74, 6) is 0.826. The maximum absolute atomic E-state index is 12.3. The van der Waals surface area contributed by atoms with Crippen LogP contribution in [0.2, 0.25) is 0 Å². The third-order valence-electron chi connectivity index (χ3n) is 2.96. The minimum Gasteiger partial charge on any atom is -0.331 e. The van der Waals surface area contributed by atoms with Crippen LogP contribution in [0.25, 0.3) is 10.2 Å². The summed E-state index contributed by atoms with van der Waals surface area (Å²) in [5.41, 5.74) is 0.755. The summed E-state index contributed by atoms with van der Waals surface area (Å²) in [7, 11) is 1.88. The average molecular weight is 293 g/mol. The van der Waals surface area contributed by atoms with E-state index in [4.69, 9.17) is 12.2 Å². The molecule has 0 aliphatic heterocycles. The predicted molar refractivity (Wildman–Crippen MR) is 76.0 cm³/mol. The van der Waals surface area contributed by atoms with Crippen molar-refractivity contribution in [2.75, 3.05) is 0 Å². The third-order valence-corrected chi connectivity index (χ3v) is 4.18. The molecule has 0 fully saturated rings. The number of hydrogen-bond acceptors (Lipinski definition) is 5. The zero-order valence-corrected chi connectivity index (χ0v) is 11.8. The summed E-state index contributed by atoms with van der Waals surface area (Å²) in [5, 5.41) is 9.69. The molecule has 6 nitrogen and oxygen atoms in total. The van der Waals surface area contributed by atoms with Crippen LogP contribution >= 0.6 is 23.6 Å². The van der Waals surface area contributed by atoms with Crippen molar-refractivity contribution in [3.8, 4) is 0 Å². The van der Waals surface area contributed by atoms with Crippen molar-refractivity contribution in [3.05, 3.63) is 38.7 Å². The van der Waals surface area contributed by atoms with Crippen molar-refractivity contribution in [2.24, 2.45) is 7.05 Å². The highest BCUT2D eigenvalue weighted by Crippen LogP contribution is 2.13. The molecular formula is C11H11N5OS2. The Bertz CT molecular complexity index is 841. The van der Waals surface area contributed by atoms with Gasteiger partial charge in [-0.1, -0.05) is 0 Å². The zero-order chi connectivity index (χ0) is 13.4. The number of thiophene rings is 1. The van der Waals surface area contributed by atoms with E-state index in [9.17, 15) is 4.79 Å². The van der Waals surface area contributed by atoms with E-state index in [1.807, 2.05) is 23.1 Å². The molecule has 0 bridgehead atoms. The van der Waals surface area contributed by atoms with Gasteiger partial charge in [0.05, 0.1) is 5.52 Å². The van der Waals surface area contributed by atoms with Crippen LogP contribution in [0.3, 0.4) is 0 Å². The summed E-state index contributed by atoms with van der Waals surface area (Å²) in [6.07, 6.45) is 2.26. The second-order valence-corrected chi connectivity index (χ2v) is 5.46. The fourth-order valence-corrected chi connectivity index (χ4v) is 3.00. The van der Waals surface area contributed by atoms with Crippen LogP contribution in [-0.2, 0) is 20.0 Å². The summed E-state index contributed by atoms with van der Waals surface area (Å²) < 4.78 is 4.55. The van der Waals surface area contributed by atoms with Crippen LogP contribution in [0, 0.1) is 4.77 Å². The zero-order valence-electron chi connectivity index (χ0n) is 10.2. The van der Waals surface area contributed by atoms with Crippen molar-refractivity contribution >= 4 is 33.8 Å². The lowest BCUT2D eigenvalue weighted by Gasteiger charge is -2.05. The molecule has 0 aliphatic rings. The predicted octanol–water partition coefficient (Wildman–Crippen LogP) is 1.49. The molecule has 3 aromatic heterocycles. The fraction of sp³-hybridized carbons (Fsp3) is 0.273. The molecule has 1 N–H and O–H groups in total. The molecular weight excluding hydrogens is 282 g/mol. The number of aryl methyl sites for hydroxylation is 2. The number of fused-ring (bicyclic) bond motifs is 1. The van der Waals surface area contributed by atoms with E-state index >= 15 is 0 Å². The number of hydrogen-bond donors (Lipinski definition) is 1. The van der Waals surface area contributed by atoms with Gasteiger partial charge in [-0.05, 0) is 23.7 Å². The highest BCUT2D eigenvalue weighted by molar-refractivity contribution is 7.71. The molecule has 0 spiro atoms. The van der Waals surface area contributed by atoms with Crippen molar-refractivity contribution in [2.45, 2.75) is 13.0 Å². The number of rotatable bonds is 3. The molecule has 0 saturated heterocycles. The Morgan fingerprint density at radius 3 is 3.11 bits per heavy atom. The van der Waals surface area contributed by atoms with Crippen LogP contribution in [0.5, 0.6) is 0 Å². The molecule has 98 valence electrons. The van der Waals surface area contributed by atoms with Crippen molar-refractivity contribution in [1.29, 1.82) is 0 Å². The van der Waals surface area contributed by atoms with Crippen molar-refractivity contribution < 1.29 is 0 Å². The first kappa shape index (κ1) is 12.2. The maximum atomic E-state index is 12.3. The average Bonchev–Trinajstić information content (AvgIpc) is 2.98. The van der Waals surface area contributed by atoms with Gasteiger partial charge in [-0.15, -0.1) is 21.5 Å². The molecule has 3 heterocycles. The van der Waals surface area contributed by atoms with E-state index in [1.54, 1.807) is 10.9 Å². The summed E-state index contributed by atoms with van der Waals surface area (Å²) in [6, 6.07) is 1.87. The Morgan fingerprint density at radius 2 is 2.37 bits per heavy atom. The number of aromatic amines is 1. The van der Waals surface area contributed by atoms with E-state index in [-0.39, 0.29) is 5.56 Å². The molecule has 8 heteroatoms. The van der Waals surface area contributed by atoms with Gasteiger partial charge < -0.3 is 9.55 Å². The highest BCUT2D eigenvalue weighted by atomic mass is 32.1. The summed E-state index contributed by atoms with van der Waals surface area (Å²) in [6.45, 7) is 0.495. The largest absolute Gasteiger partial charge is 0.331 e. The normalized spacial score (nSPS) is 11.2. The van der Waals surface area contributed by atoms with Gasteiger partial charge in [0.25, 0.3) is 5.56 Å². The van der Waals surface area contributed by atoms with Crippen LogP contribution in [0.4, 0.5) is 0 Å². The van der Waals surface area contributed by atoms with Gasteiger partial charge in [0.1, 0.15) is 16.9 Å². The molecule has 0 aliphatic carbocycles. The summed E-state index contributed by atoms with van der Waals surface area (Å²) in [4.78, 5) is 15.4. The molecule has 0 aromatic carbocycles. The van der Waals surface area contributed by atoms with Gasteiger partial charge in [0, 0.05) is 20.0 Å². The Labute approximate surface area is 117 Å². The lowest BCUT2D eigenvalue weighted by atomic mass is 10.4. The minimum absolute atomic E-state index is 0.0454. The monoisotopic (exact) mass is 293 g/mol. The molecule has 0 amide bonds. The second kappa shape index (κ2) is 4.71. The fourth-order valence-electron chi connectivity index (χ4n) is 1.92.